The second-order valence-electron chi connectivity index (χ2n) is 5.62. The van der Waals surface area contributed by atoms with Crippen LogP contribution in [0.5, 0.6) is 11.5 Å². The van der Waals surface area contributed by atoms with E-state index in [2.05, 4.69) is 10.6 Å². The van der Waals surface area contributed by atoms with E-state index in [9.17, 15) is 9.59 Å². The zero-order valence-corrected chi connectivity index (χ0v) is 13.7. The fourth-order valence-corrected chi connectivity index (χ4v) is 2.48. The van der Waals surface area contributed by atoms with Crippen molar-refractivity contribution in [1.29, 1.82) is 0 Å². The van der Waals surface area contributed by atoms with Gasteiger partial charge in [0, 0.05) is 19.5 Å². The average molecular weight is 344 g/mol. The van der Waals surface area contributed by atoms with Crippen molar-refractivity contribution in [1.82, 2.24) is 10.6 Å². The first-order valence-corrected chi connectivity index (χ1v) is 8.19. The van der Waals surface area contributed by atoms with E-state index in [1.54, 1.807) is 12.1 Å². The molecule has 0 saturated carbocycles. The van der Waals surface area contributed by atoms with E-state index in [1.807, 2.05) is 18.2 Å². The van der Waals surface area contributed by atoms with Gasteiger partial charge in [-0.2, -0.15) is 0 Å². The molecule has 7 nitrogen and oxygen atoms in total. The van der Waals surface area contributed by atoms with E-state index in [0.29, 0.717) is 25.9 Å². The Labute approximate surface area is 145 Å². The Morgan fingerprint density at radius 1 is 1.04 bits per heavy atom. The van der Waals surface area contributed by atoms with Crippen molar-refractivity contribution >= 4 is 11.8 Å². The minimum absolute atomic E-state index is 0.0343. The van der Waals surface area contributed by atoms with Crippen LogP contribution < -0.4 is 20.1 Å². The molecule has 0 bridgehead atoms. The molecule has 2 heterocycles. The highest BCUT2D eigenvalue weighted by atomic mass is 16.7. The molecular formula is C18H20N2O5. The Morgan fingerprint density at radius 2 is 1.92 bits per heavy atom. The molecule has 1 aromatic carbocycles. The van der Waals surface area contributed by atoms with Crippen molar-refractivity contribution in [2.45, 2.75) is 19.3 Å². The summed E-state index contributed by atoms with van der Waals surface area (Å²) in [7, 11) is 0. The van der Waals surface area contributed by atoms with Gasteiger partial charge < -0.3 is 24.5 Å². The van der Waals surface area contributed by atoms with E-state index in [-0.39, 0.29) is 24.4 Å². The summed E-state index contributed by atoms with van der Waals surface area (Å²) in [6.45, 7) is 1.23. The molecular weight excluding hydrogens is 324 g/mol. The molecule has 2 aromatic rings. The van der Waals surface area contributed by atoms with Gasteiger partial charge in [-0.05, 0) is 42.7 Å². The quantitative estimate of drug-likeness (QED) is 0.714. The number of hydrogen-bond donors (Lipinski definition) is 2. The van der Waals surface area contributed by atoms with Crippen molar-refractivity contribution < 1.29 is 23.5 Å². The zero-order valence-electron chi connectivity index (χ0n) is 13.7. The lowest BCUT2D eigenvalue weighted by molar-refractivity contribution is -0.121. The monoisotopic (exact) mass is 344 g/mol. The van der Waals surface area contributed by atoms with Crippen LogP contribution >= 0.6 is 0 Å². The highest BCUT2D eigenvalue weighted by molar-refractivity contribution is 5.91. The molecule has 3 rings (SSSR count). The Hall–Kier alpha value is -2.96. The second kappa shape index (κ2) is 8.23. The number of ether oxygens (including phenoxy) is 2. The maximum Gasteiger partial charge on any atom is 0.286 e. The molecule has 1 aliphatic rings. The third-order valence-electron chi connectivity index (χ3n) is 3.78. The van der Waals surface area contributed by atoms with Gasteiger partial charge in [0.2, 0.25) is 12.7 Å². The van der Waals surface area contributed by atoms with Crippen LogP contribution in [0.15, 0.2) is 41.0 Å². The lowest BCUT2D eigenvalue weighted by atomic mass is 10.1. The molecule has 1 aliphatic heterocycles. The van der Waals surface area contributed by atoms with Crippen molar-refractivity contribution in [3.8, 4) is 11.5 Å². The molecule has 0 radical (unpaired) electrons. The number of carbonyl (C=O) groups is 2. The molecule has 0 fully saturated rings. The summed E-state index contributed by atoms with van der Waals surface area (Å²) in [5.41, 5.74) is 1.08. The van der Waals surface area contributed by atoms with Crippen molar-refractivity contribution in [3.63, 3.8) is 0 Å². The van der Waals surface area contributed by atoms with Crippen LogP contribution in [0.1, 0.15) is 29.0 Å². The molecule has 0 atom stereocenters. The van der Waals surface area contributed by atoms with Crippen LogP contribution in [0.2, 0.25) is 0 Å². The number of furan rings is 1. The van der Waals surface area contributed by atoms with Gasteiger partial charge >= 0.3 is 0 Å². The summed E-state index contributed by atoms with van der Waals surface area (Å²) in [5.74, 6) is 1.47. The molecule has 2 amide bonds. The largest absolute Gasteiger partial charge is 0.459 e. The number of rotatable bonds is 8. The summed E-state index contributed by atoms with van der Waals surface area (Å²) < 4.78 is 15.6. The zero-order chi connectivity index (χ0) is 17.5. The topological polar surface area (TPSA) is 89.8 Å². The Kier molecular flexibility index (Phi) is 5.56. The van der Waals surface area contributed by atoms with Crippen LogP contribution in [-0.2, 0) is 11.2 Å². The third-order valence-corrected chi connectivity index (χ3v) is 3.78. The normalized spacial score (nSPS) is 12.0. The standard InChI is InChI=1S/C18H20N2O5/c21-17(4-1-8-20-18(22)15-3-2-10-23-15)19-9-7-13-5-6-14-16(11-13)25-12-24-14/h2-3,5-6,10-11H,1,4,7-9,12H2,(H,19,21)(H,20,22). The van der Waals surface area contributed by atoms with Crippen molar-refractivity contribution in [2.24, 2.45) is 0 Å². The highest BCUT2D eigenvalue weighted by Gasteiger charge is 2.13. The molecule has 0 aliphatic carbocycles. The summed E-state index contributed by atoms with van der Waals surface area (Å²) in [6.07, 6.45) is 3.10. The molecule has 0 spiro atoms. The third kappa shape index (κ3) is 4.76. The maximum atomic E-state index is 11.8. The van der Waals surface area contributed by atoms with Gasteiger partial charge in [0.25, 0.3) is 5.91 Å². The summed E-state index contributed by atoms with van der Waals surface area (Å²) >= 11 is 0. The predicted octanol–water partition coefficient (Wildman–Crippen LogP) is 1.88. The minimum atomic E-state index is -0.270. The molecule has 7 heteroatoms. The smallest absolute Gasteiger partial charge is 0.286 e. The predicted molar refractivity (Wildman–Crippen MR) is 89.6 cm³/mol. The minimum Gasteiger partial charge on any atom is -0.459 e. The fourth-order valence-electron chi connectivity index (χ4n) is 2.48. The number of hydrogen-bond acceptors (Lipinski definition) is 5. The van der Waals surface area contributed by atoms with E-state index in [1.165, 1.54) is 6.26 Å². The van der Waals surface area contributed by atoms with E-state index in [0.717, 1.165) is 23.5 Å². The van der Waals surface area contributed by atoms with E-state index >= 15 is 0 Å². The first kappa shape index (κ1) is 16.9. The molecule has 25 heavy (non-hydrogen) atoms. The van der Waals surface area contributed by atoms with Gasteiger partial charge in [-0.15, -0.1) is 0 Å². The van der Waals surface area contributed by atoms with Crippen LogP contribution in [0.25, 0.3) is 0 Å². The summed E-state index contributed by atoms with van der Waals surface area (Å²) in [4.78, 5) is 23.4. The number of nitrogens with one attached hydrogen (secondary N) is 2. The Morgan fingerprint density at radius 3 is 2.76 bits per heavy atom. The number of carbonyl (C=O) groups excluding carboxylic acids is 2. The van der Waals surface area contributed by atoms with Crippen LogP contribution in [0, 0.1) is 0 Å². The second-order valence-corrected chi connectivity index (χ2v) is 5.62. The number of amides is 2. The Bertz CT molecular complexity index is 727. The number of benzene rings is 1. The summed E-state index contributed by atoms with van der Waals surface area (Å²) in [5, 5.41) is 5.58. The first-order chi connectivity index (χ1) is 12.2. The van der Waals surface area contributed by atoms with Crippen molar-refractivity contribution in [3.05, 3.63) is 47.9 Å². The van der Waals surface area contributed by atoms with Gasteiger partial charge in [0.15, 0.2) is 17.3 Å². The molecule has 1 aromatic heterocycles. The van der Waals surface area contributed by atoms with E-state index < -0.39 is 0 Å². The van der Waals surface area contributed by atoms with E-state index in [4.69, 9.17) is 13.9 Å². The Balaban J connectivity index is 1.29. The molecule has 0 saturated heterocycles. The van der Waals surface area contributed by atoms with Crippen molar-refractivity contribution in [2.75, 3.05) is 19.9 Å². The SMILES string of the molecule is O=C(CCCNC(=O)c1ccco1)NCCc1ccc2c(c1)OCO2. The molecule has 132 valence electrons. The lowest BCUT2D eigenvalue weighted by Gasteiger charge is -2.07. The average Bonchev–Trinajstić information content (AvgIpc) is 3.29. The highest BCUT2D eigenvalue weighted by Crippen LogP contribution is 2.32. The fraction of sp³-hybridized carbons (Fsp3) is 0.333. The van der Waals surface area contributed by atoms with Crippen LogP contribution in [-0.4, -0.2) is 31.7 Å². The first-order valence-electron chi connectivity index (χ1n) is 8.19. The van der Waals surface area contributed by atoms with Gasteiger partial charge in [0.05, 0.1) is 6.26 Å². The van der Waals surface area contributed by atoms with Crippen LogP contribution in [0.3, 0.4) is 0 Å². The van der Waals surface area contributed by atoms with Gasteiger partial charge in [-0.25, -0.2) is 0 Å². The summed E-state index contributed by atoms with van der Waals surface area (Å²) in [6, 6.07) is 9.02. The van der Waals surface area contributed by atoms with Crippen LogP contribution in [0.4, 0.5) is 0 Å². The van der Waals surface area contributed by atoms with Gasteiger partial charge in [0.1, 0.15) is 0 Å². The molecule has 0 unspecified atom stereocenters. The lowest BCUT2D eigenvalue weighted by Crippen LogP contribution is -2.28. The molecule has 2 N–H and O–H groups in total. The number of fused-ring (bicyclic) bond motifs is 1. The maximum absolute atomic E-state index is 11.8. The van der Waals surface area contributed by atoms with Gasteiger partial charge in [-0.3, -0.25) is 9.59 Å². The van der Waals surface area contributed by atoms with Gasteiger partial charge in [-0.1, -0.05) is 6.07 Å².